The summed E-state index contributed by atoms with van der Waals surface area (Å²) in [5, 5.41) is 3.10. The molecule has 36 heavy (non-hydrogen) atoms. The van der Waals surface area contributed by atoms with E-state index >= 15 is 0 Å². The minimum Gasteiger partial charge on any atom is -0.441 e. The van der Waals surface area contributed by atoms with E-state index in [0.29, 0.717) is 19.0 Å². The fourth-order valence-electron chi connectivity index (χ4n) is 6.28. The lowest BCUT2D eigenvalue weighted by atomic mass is 9.81. The largest absolute Gasteiger partial charge is 0.441 e. The number of rotatable bonds is 8. The van der Waals surface area contributed by atoms with Crippen molar-refractivity contribution >= 4 is 23.8 Å². The second kappa shape index (κ2) is 11.7. The number of carbonyl (C=O) groups is 2. The molecule has 1 atom stereocenters. The van der Waals surface area contributed by atoms with Crippen molar-refractivity contribution in [3.63, 3.8) is 0 Å². The number of likely N-dealkylation sites (tertiary alicyclic amines) is 1. The number of thioether (sulfide) groups is 1. The lowest BCUT2D eigenvalue weighted by Gasteiger charge is -2.37. The summed E-state index contributed by atoms with van der Waals surface area (Å²) in [6.45, 7) is 5.79. The van der Waals surface area contributed by atoms with Crippen LogP contribution in [0.4, 0.5) is 4.79 Å². The molecule has 2 amide bonds. The molecule has 0 aromatic heterocycles. The summed E-state index contributed by atoms with van der Waals surface area (Å²) >= 11 is 1.77. The summed E-state index contributed by atoms with van der Waals surface area (Å²) in [6.07, 6.45) is 9.89. The molecule has 7 nitrogen and oxygen atoms in total. The van der Waals surface area contributed by atoms with Crippen molar-refractivity contribution in [3.8, 4) is 0 Å². The van der Waals surface area contributed by atoms with Gasteiger partial charge in [0.25, 0.3) is 0 Å². The van der Waals surface area contributed by atoms with Gasteiger partial charge in [-0.2, -0.15) is 0 Å². The van der Waals surface area contributed by atoms with Gasteiger partial charge in [0.05, 0.1) is 12.6 Å². The van der Waals surface area contributed by atoms with E-state index in [9.17, 15) is 9.59 Å². The van der Waals surface area contributed by atoms with Crippen molar-refractivity contribution in [1.29, 1.82) is 0 Å². The Morgan fingerprint density at radius 2 is 1.86 bits per heavy atom. The molecule has 0 radical (unpaired) electrons. The minimum absolute atomic E-state index is 0.0979. The second-order valence-electron chi connectivity index (χ2n) is 11.2. The Morgan fingerprint density at radius 1 is 1.11 bits per heavy atom. The first-order valence-corrected chi connectivity index (χ1v) is 15.0. The zero-order valence-corrected chi connectivity index (χ0v) is 22.4. The van der Waals surface area contributed by atoms with E-state index in [-0.39, 0.29) is 29.6 Å². The third-order valence-electron chi connectivity index (χ3n) is 8.60. The Balaban J connectivity index is 1.03. The SMILES string of the molecule is CSc1ccc(CN2CCC3(CC2)CN(C[C@H]2CC[C@H](C(=O)NCC4CCCO4)CC2)C(=O)O3)cc1. The van der Waals surface area contributed by atoms with Crippen LogP contribution in [0.5, 0.6) is 0 Å². The molecule has 1 spiro atoms. The van der Waals surface area contributed by atoms with Gasteiger partial charge in [-0.25, -0.2) is 4.79 Å². The predicted molar refractivity (Wildman–Crippen MR) is 141 cm³/mol. The molecule has 198 valence electrons. The van der Waals surface area contributed by atoms with Gasteiger partial charge in [0.1, 0.15) is 5.60 Å². The molecule has 3 heterocycles. The van der Waals surface area contributed by atoms with Crippen molar-refractivity contribution in [1.82, 2.24) is 15.1 Å². The van der Waals surface area contributed by atoms with E-state index in [1.54, 1.807) is 11.8 Å². The third kappa shape index (κ3) is 6.37. The van der Waals surface area contributed by atoms with Crippen LogP contribution in [0.25, 0.3) is 0 Å². The molecule has 0 bridgehead atoms. The van der Waals surface area contributed by atoms with E-state index in [0.717, 1.165) is 84.2 Å². The van der Waals surface area contributed by atoms with Crippen LogP contribution in [0, 0.1) is 11.8 Å². The number of amides is 2. The zero-order valence-electron chi connectivity index (χ0n) is 21.6. The molecular weight excluding hydrogens is 474 g/mol. The summed E-state index contributed by atoms with van der Waals surface area (Å²) in [5.41, 5.74) is 1.01. The number of hydrogen-bond acceptors (Lipinski definition) is 6. The number of ether oxygens (including phenoxy) is 2. The number of piperidine rings is 1. The molecular formula is C28H41N3O4S. The van der Waals surface area contributed by atoms with E-state index in [1.165, 1.54) is 10.5 Å². The highest BCUT2D eigenvalue weighted by Crippen LogP contribution is 2.36. The van der Waals surface area contributed by atoms with Crippen LogP contribution in [0.15, 0.2) is 29.2 Å². The van der Waals surface area contributed by atoms with Crippen LogP contribution >= 0.6 is 11.8 Å². The Morgan fingerprint density at radius 3 is 2.53 bits per heavy atom. The number of benzene rings is 1. The summed E-state index contributed by atoms with van der Waals surface area (Å²) < 4.78 is 11.6. The number of nitrogens with zero attached hydrogens (tertiary/aromatic N) is 2. The molecule has 3 aliphatic heterocycles. The highest BCUT2D eigenvalue weighted by molar-refractivity contribution is 7.98. The van der Waals surface area contributed by atoms with Gasteiger partial charge >= 0.3 is 6.09 Å². The van der Waals surface area contributed by atoms with E-state index in [4.69, 9.17) is 9.47 Å². The summed E-state index contributed by atoms with van der Waals surface area (Å²) in [5.74, 6) is 0.732. The highest BCUT2D eigenvalue weighted by Gasteiger charge is 2.47. The van der Waals surface area contributed by atoms with E-state index in [1.807, 2.05) is 4.90 Å². The lowest BCUT2D eigenvalue weighted by molar-refractivity contribution is -0.126. The quantitative estimate of drug-likeness (QED) is 0.521. The maximum Gasteiger partial charge on any atom is 0.410 e. The van der Waals surface area contributed by atoms with Crippen LogP contribution in [-0.2, 0) is 20.8 Å². The average Bonchev–Trinajstić information content (AvgIpc) is 3.53. The Kier molecular flexibility index (Phi) is 8.43. The molecule has 1 aromatic carbocycles. The maximum absolute atomic E-state index is 12.8. The van der Waals surface area contributed by atoms with Crippen LogP contribution in [0.3, 0.4) is 0 Å². The van der Waals surface area contributed by atoms with Gasteiger partial charge in [-0.1, -0.05) is 12.1 Å². The second-order valence-corrected chi connectivity index (χ2v) is 12.0. The van der Waals surface area contributed by atoms with Gasteiger partial charge in [-0.3, -0.25) is 9.69 Å². The summed E-state index contributed by atoms with van der Waals surface area (Å²) in [6, 6.07) is 8.81. The fraction of sp³-hybridized carbons (Fsp3) is 0.714. The summed E-state index contributed by atoms with van der Waals surface area (Å²) in [7, 11) is 0. The smallest absolute Gasteiger partial charge is 0.410 e. The Labute approximate surface area is 219 Å². The third-order valence-corrected chi connectivity index (χ3v) is 9.34. The van der Waals surface area contributed by atoms with Gasteiger partial charge in [-0.05, 0) is 68.4 Å². The van der Waals surface area contributed by atoms with Gasteiger partial charge in [0.2, 0.25) is 5.91 Å². The standard InChI is InChI=1S/C28H41N3O4S/c1-36-25-10-6-21(7-11-25)18-30-14-12-28(13-15-30)20-31(27(33)35-28)19-22-4-8-23(9-5-22)26(32)29-17-24-3-2-16-34-24/h6-7,10-11,22-24H,2-5,8-9,12-20H2,1H3,(H,29,32)/t22-,23-,24?. The summed E-state index contributed by atoms with van der Waals surface area (Å²) in [4.78, 5) is 31.0. The molecule has 4 aliphatic rings. The molecule has 1 aromatic rings. The molecule has 1 N–H and O–H groups in total. The molecule has 1 aliphatic carbocycles. The van der Waals surface area contributed by atoms with E-state index in [2.05, 4.69) is 40.7 Å². The average molecular weight is 516 g/mol. The van der Waals surface area contributed by atoms with Crippen LogP contribution < -0.4 is 5.32 Å². The van der Waals surface area contributed by atoms with Crippen LogP contribution in [0.1, 0.15) is 56.9 Å². The Bertz CT molecular complexity index is 889. The lowest BCUT2D eigenvalue weighted by Crippen LogP contribution is -2.47. The van der Waals surface area contributed by atoms with Crippen molar-refractivity contribution in [2.75, 3.05) is 45.6 Å². The number of nitrogens with one attached hydrogen (secondary N) is 1. The van der Waals surface area contributed by atoms with Crippen molar-refractivity contribution in [3.05, 3.63) is 29.8 Å². The predicted octanol–water partition coefficient (Wildman–Crippen LogP) is 4.30. The maximum atomic E-state index is 12.8. The number of carbonyl (C=O) groups excluding carboxylic acids is 2. The van der Waals surface area contributed by atoms with Gasteiger partial charge in [0, 0.05) is 63.0 Å². The number of hydrogen-bond donors (Lipinski definition) is 1. The minimum atomic E-state index is -0.324. The molecule has 8 heteroatoms. The van der Waals surface area contributed by atoms with Crippen LogP contribution in [-0.4, -0.2) is 79.1 Å². The normalized spacial score (nSPS) is 28.4. The monoisotopic (exact) mass is 515 g/mol. The first-order valence-electron chi connectivity index (χ1n) is 13.7. The molecule has 1 unspecified atom stereocenters. The first-order chi connectivity index (χ1) is 17.5. The molecule has 4 fully saturated rings. The van der Waals surface area contributed by atoms with Gasteiger partial charge in [0.15, 0.2) is 0 Å². The molecule has 1 saturated carbocycles. The van der Waals surface area contributed by atoms with Crippen LogP contribution in [0.2, 0.25) is 0 Å². The van der Waals surface area contributed by atoms with Crippen molar-refractivity contribution in [2.45, 2.75) is 74.5 Å². The molecule has 5 rings (SSSR count). The first kappa shape index (κ1) is 25.9. The van der Waals surface area contributed by atoms with Crippen molar-refractivity contribution < 1.29 is 19.1 Å². The fourth-order valence-corrected chi connectivity index (χ4v) is 6.69. The Hall–Kier alpha value is -1.77. The highest BCUT2D eigenvalue weighted by atomic mass is 32.2. The van der Waals surface area contributed by atoms with E-state index < -0.39 is 0 Å². The zero-order chi connectivity index (χ0) is 25.0. The topological polar surface area (TPSA) is 71.1 Å². The van der Waals surface area contributed by atoms with Gasteiger partial charge in [-0.15, -0.1) is 11.8 Å². The van der Waals surface area contributed by atoms with Gasteiger partial charge < -0.3 is 19.7 Å². The van der Waals surface area contributed by atoms with Crippen molar-refractivity contribution in [2.24, 2.45) is 11.8 Å². The molecule has 3 saturated heterocycles.